The Labute approximate surface area is 66.8 Å². The van der Waals surface area contributed by atoms with E-state index in [-0.39, 0.29) is 17.8 Å². The number of rotatable bonds is 0. The minimum Gasteiger partial charge on any atom is -0.316 e. The summed E-state index contributed by atoms with van der Waals surface area (Å²) >= 11 is 0. The van der Waals surface area contributed by atoms with Gasteiger partial charge in [-0.25, -0.2) is 0 Å². The Hall–Kier alpha value is -0.0800. The van der Waals surface area contributed by atoms with Gasteiger partial charge in [-0.15, -0.1) is 12.4 Å². The molecule has 58 valence electrons. The van der Waals surface area contributed by atoms with Crippen LogP contribution in [0.4, 0.5) is 0 Å². The van der Waals surface area contributed by atoms with Crippen LogP contribution in [0, 0.1) is 5.41 Å². The lowest BCUT2D eigenvalue weighted by Gasteiger charge is -2.35. The third-order valence-electron chi connectivity index (χ3n) is 2.67. The first-order valence-corrected chi connectivity index (χ1v) is 3.58. The van der Waals surface area contributed by atoms with Crippen molar-refractivity contribution in [2.75, 3.05) is 13.1 Å². The Morgan fingerprint density at radius 3 is 2.40 bits per heavy atom. The Kier molecular flexibility index (Phi) is 2.02. The number of ketones is 1. The van der Waals surface area contributed by atoms with Gasteiger partial charge in [0.25, 0.3) is 0 Å². The minimum atomic E-state index is 0. The third kappa shape index (κ3) is 0.867. The van der Waals surface area contributed by atoms with Crippen LogP contribution in [0.25, 0.3) is 0 Å². The highest BCUT2D eigenvalue weighted by atomic mass is 35.5. The monoisotopic (exact) mass is 161 g/mol. The van der Waals surface area contributed by atoms with E-state index in [9.17, 15) is 4.79 Å². The first kappa shape index (κ1) is 8.02. The van der Waals surface area contributed by atoms with Crippen molar-refractivity contribution < 1.29 is 4.79 Å². The van der Waals surface area contributed by atoms with Gasteiger partial charge in [-0.2, -0.15) is 0 Å². The maximum atomic E-state index is 11.0. The number of carbonyl (C=O) groups is 1. The molecule has 0 aromatic carbocycles. The highest BCUT2D eigenvalue weighted by Gasteiger charge is 2.47. The third-order valence-corrected chi connectivity index (χ3v) is 2.67. The highest BCUT2D eigenvalue weighted by molar-refractivity contribution is 5.91. The number of hydrogen-bond donors (Lipinski definition) is 1. The zero-order valence-electron chi connectivity index (χ0n) is 5.85. The SMILES string of the molecule is Cl.O=C1CCC12CCNC2. The van der Waals surface area contributed by atoms with E-state index in [4.69, 9.17) is 0 Å². The van der Waals surface area contributed by atoms with E-state index < -0.39 is 0 Å². The molecule has 1 N–H and O–H groups in total. The molecule has 2 aliphatic rings. The molecular weight excluding hydrogens is 150 g/mol. The van der Waals surface area contributed by atoms with Crippen molar-refractivity contribution in [1.29, 1.82) is 0 Å². The van der Waals surface area contributed by atoms with Crippen LogP contribution in [0.1, 0.15) is 19.3 Å². The van der Waals surface area contributed by atoms with E-state index >= 15 is 0 Å². The smallest absolute Gasteiger partial charge is 0.140 e. The number of halogens is 1. The van der Waals surface area contributed by atoms with Crippen molar-refractivity contribution in [3.05, 3.63) is 0 Å². The van der Waals surface area contributed by atoms with Gasteiger partial charge in [0.05, 0.1) is 0 Å². The second kappa shape index (κ2) is 2.51. The molecule has 0 aromatic rings. The Bertz CT molecular complexity index is 152. The van der Waals surface area contributed by atoms with Gasteiger partial charge in [0.1, 0.15) is 5.78 Å². The van der Waals surface area contributed by atoms with Gasteiger partial charge >= 0.3 is 0 Å². The molecule has 1 aliphatic carbocycles. The molecule has 0 aromatic heterocycles. The van der Waals surface area contributed by atoms with E-state index in [0.717, 1.165) is 32.4 Å². The molecule has 2 fully saturated rings. The summed E-state index contributed by atoms with van der Waals surface area (Å²) in [6.07, 6.45) is 3.06. The van der Waals surface area contributed by atoms with Crippen LogP contribution < -0.4 is 5.32 Å². The van der Waals surface area contributed by atoms with E-state index in [1.54, 1.807) is 0 Å². The lowest BCUT2D eigenvalue weighted by atomic mass is 9.67. The predicted octanol–water partition coefficient (Wildman–Crippen LogP) is 0.751. The molecule has 3 heteroatoms. The van der Waals surface area contributed by atoms with Gasteiger partial charge in [-0.3, -0.25) is 4.79 Å². The zero-order valence-corrected chi connectivity index (χ0v) is 6.67. The van der Waals surface area contributed by atoms with Crippen molar-refractivity contribution >= 4 is 18.2 Å². The van der Waals surface area contributed by atoms with E-state index in [1.807, 2.05) is 0 Å². The molecule has 1 saturated carbocycles. The van der Waals surface area contributed by atoms with Crippen LogP contribution in [-0.2, 0) is 4.79 Å². The molecular formula is C7H12ClNO. The summed E-state index contributed by atoms with van der Waals surface area (Å²) in [7, 11) is 0. The molecule has 1 spiro atoms. The molecule has 1 unspecified atom stereocenters. The second-order valence-electron chi connectivity index (χ2n) is 3.13. The molecule has 1 heterocycles. The van der Waals surface area contributed by atoms with Crippen molar-refractivity contribution in [3.8, 4) is 0 Å². The van der Waals surface area contributed by atoms with Gasteiger partial charge in [-0.1, -0.05) is 0 Å². The highest BCUT2D eigenvalue weighted by Crippen LogP contribution is 2.41. The standard InChI is InChI=1S/C7H11NO.ClH/c9-6-1-2-7(6)3-4-8-5-7;/h8H,1-5H2;1H. The van der Waals surface area contributed by atoms with Gasteiger partial charge in [0.15, 0.2) is 0 Å². The van der Waals surface area contributed by atoms with Gasteiger partial charge in [-0.05, 0) is 19.4 Å². The maximum Gasteiger partial charge on any atom is 0.140 e. The van der Waals surface area contributed by atoms with Crippen molar-refractivity contribution in [2.24, 2.45) is 5.41 Å². The summed E-state index contributed by atoms with van der Waals surface area (Å²) < 4.78 is 0. The average molecular weight is 162 g/mol. The fourth-order valence-corrected chi connectivity index (χ4v) is 1.78. The van der Waals surface area contributed by atoms with E-state index in [2.05, 4.69) is 5.32 Å². The van der Waals surface area contributed by atoms with Gasteiger partial charge < -0.3 is 5.32 Å². The fraction of sp³-hybridized carbons (Fsp3) is 0.857. The average Bonchev–Trinajstić information content (AvgIpc) is 2.34. The van der Waals surface area contributed by atoms with Gasteiger partial charge in [0, 0.05) is 18.4 Å². The van der Waals surface area contributed by atoms with Crippen LogP contribution in [0.5, 0.6) is 0 Å². The molecule has 1 saturated heterocycles. The van der Waals surface area contributed by atoms with Crippen LogP contribution in [0.3, 0.4) is 0 Å². The Morgan fingerprint density at radius 1 is 1.40 bits per heavy atom. The van der Waals surface area contributed by atoms with Gasteiger partial charge in [0.2, 0.25) is 0 Å². The molecule has 1 aliphatic heterocycles. The summed E-state index contributed by atoms with van der Waals surface area (Å²) in [4.78, 5) is 11.0. The summed E-state index contributed by atoms with van der Waals surface area (Å²) in [5.41, 5.74) is 0.125. The van der Waals surface area contributed by atoms with Crippen molar-refractivity contribution in [1.82, 2.24) is 5.32 Å². The lowest BCUT2D eigenvalue weighted by molar-refractivity contribution is -0.136. The van der Waals surface area contributed by atoms with Crippen LogP contribution in [0.2, 0.25) is 0 Å². The second-order valence-corrected chi connectivity index (χ2v) is 3.13. The summed E-state index contributed by atoms with van der Waals surface area (Å²) in [6, 6.07) is 0. The largest absolute Gasteiger partial charge is 0.316 e. The molecule has 10 heavy (non-hydrogen) atoms. The van der Waals surface area contributed by atoms with Crippen molar-refractivity contribution in [3.63, 3.8) is 0 Å². The quantitative estimate of drug-likeness (QED) is 0.568. The van der Waals surface area contributed by atoms with Crippen LogP contribution in [-0.4, -0.2) is 18.9 Å². The maximum absolute atomic E-state index is 11.0. The summed E-state index contributed by atoms with van der Waals surface area (Å²) in [6.45, 7) is 2.00. The number of carbonyl (C=O) groups excluding carboxylic acids is 1. The summed E-state index contributed by atoms with van der Waals surface area (Å²) in [5, 5.41) is 3.22. The summed E-state index contributed by atoms with van der Waals surface area (Å²) in [5.74, 6) is 0.493. The Balaban J connectivity index is 0.000000500. The molecule has 2 nitrogen and oxygen atoms in total. The molecule has 1 atom stereocenters. The van der Waals surface area contributed by atoms with Crippen LogP contribution in [0.15, 0.2) is 0 Å². The molecule has 0 amide bonds. The minimum absolute atomic E-state index is 0. The topological polar surface area (TPSA) is 29.1 Å². The number of Topliss-reactive ketones (excluding diaryl/α,β-unsaturated/α-hetero) is 1. The molecule has 2 rings (SSSR count). The number of nitrogens with one attached hydrogen (secondary N) is 1. The molecule has 0 bridgehead atoms. The first-order chi connectivity index (χ1) is 4.33. The zero-order chi connectivity index (χ0) is 6.32. The lowest BCUT2D eigenvalue weighted by Crippen LogP contribution is -2.42. The van der Waals surface area contributed by atoms with E-state index in [0.29, 0.717) is 5.78 Å². The van der Waals surface area contributed by atoms with E-state index in [1.165, 1.54) is 0 Å². The van der Waals surface area contributed by atoms with Crippen LogP contribution >= 0.6 is 12.4 Å². The number of hydrogen-bond acceptors (Lipinski definition) is 2. The predicted molar refractivity (Wildman–Crippen MR) is 41.4 cm³/mol. The first-order valence-electron chi connectivity index (χ1n) is 3.58. The normalized spacial score (nSPS) is 37.4. The molecule has 0 radical (unpaired) electrons. The van der Waals surface area contributed by atoms with Crippen molar-refractivity contribution in [2.45, 2.75) is 19.3 Å². The fourth-order valence-electron chi connectivity index (χ4n) is 1.78. The Morgan fingerprint density at radius 2 is 2.20 bits per heavy atom.